The number of ether oxygens (including phenoxy) is 3. The second-order valence-electron chi connectivity index (χ2n) is 8.93. The van der Waals surface area contributed by atoms with E-state index in [2.05, 4.69) is 6.92 Å². The van der Waals surface area contributed by atoms with Gasteiger partial charge in [-0.15, -0.1) is 0 Å². The van der Waals surface area contributed by atoms with Crippen molar-refractivity contribution in [1.29, 1.82) is 0 Å². The van der Waals surface area contributed by atoms with Crippen molar-refractivity contribution in [2.75, 3.05) is 37.8 Å². The molecule has 1 fully saturated rings. The summed E-state index contributed by atoms with van der Waals surface area (Å²) >= 11 is 1.88. The van der Waals surface area contributed by atoms with Crippen molar-refractivity contribution in [3.05, 3.63) is 29.8 Å². The van der Waals surface area contributed by atoms with Crippen molar-refractivity contribution in [2.45, 2.75) is 83.8 Å². The number of carbonyl (C=O) groups excluding carboxylic acids is 1. The molecule has 8 heteroatoms. The molecule has 1 aromatic rings. The largest absolute Gasteiger partial charge is 0.492 e. The zero-order valence-electron chi connectivity index (χ0n) is 21.4. The highest BCUT2D eigenvalue weighted by atomic mass is 32.2. The number of unbranched alkanes of at least 4 members (excludes halogenated alkanes) is 2. The first-order valence-corrected chi connectivity index (χ1v) is 14.3. The number of rotatable bonds is 17. The molecule has 198 valence electrons. The van der Waals surface area contributed by atoms with Crippen LogP contribution in [0.3, 0.4) is 0 Å². The number of aliphatic carboxylic acids is 1. The number of hydrogen-bond acceptors (Lipinski definition) is 6. The van der Waals surface area contributed by atoms with Gasteiger partial charge in [-0.3, -0.25) is 0 Å². The van der Waals surface area contributed by atoms with Gasteiger partial charge in [0, 0.05) is 25.3 Å². The molecule has 0 saturated heterocycles. The fourth-order valence-corrected chi connectivity index (χ4v) is 5.02. The molecule has 0 spiro atoms. The molecule has 0 aliphatic heterocycles. The third kappa shape index (κ3) is 12.0. The lowest BCUT2D eigenvalue weighted by Gasteiger charge is -2.27. The van der Waals surface area contributed by atoms with Gasteiger partial charge in [0.2, 0.25) is 0 Å². The minimum absolute atomic E-state index is 0.0377. The van der Waals surface area contributed by atoms with E-state index in [4.69, 9.17) is 14.2 Å². The van der Waals surface area contributed by atoms with Crippen LogP contribution in [0.4, 0.5) is 4.79 Å². The predicted octanol–water partition coefficient (Wildman–Crippen LogP) is 5.79. The fourth-order valence-electron chi connectivity index (χ4n) is 4.05. The summed E-state index contributed by atoms with van der Waals surface area (Å²) in [5.74, 6) is 1.74. The first-order chi connectivity index (χ1) is 17.0. The molecule has 0 heterocycles. The van der Waals surface area contributed by atoms with Crippen LogP contribution in [0.1, 0.15) is 70.8 Å². The van der Waals surface area contributed by atoms with Gasteiger partial charge in [0.25, 0.3) is 0 Å². The number of nitrogens with zero attached hydrogens (tertiary/aromatic N) is 1. The van der Waals surface area contributed by atoms with Crippen molar-refractivity contribution >= 4 is 23.8 Å². The highest BCUT2D eigenvalue weighted by Gasteiger charge is 2.22. The summed E-state index contributed by atoms with van der Waals surface area (Å²) in [4.78, 5) is 25.9. The Bertz CT molecular complexity index is 723. The third-order valence-electron chi connectivity index (χ3n) is 6.09. The highest BCUT2D eigenvalue weighted by Crippen LogP contribution is 2.21. The van der Waals surface area contributed by atoms with Crippen LogP contribution in [-0.4, -0.2) is 72.1 Å². The second-order valence-corrected chi connectivity index (χ2v) is 10.2. The number of benzene rings is 1. The average Bonchev–Trinajstić information content (AvgIpc) is 2.86. The summed E-state index contributed by atoms with van der Waals surface area (Å²) in [6, 6.07) is 7.36. The molecule has 7 nitrogen and oxygen atoms in total. The molecular formula is C27H43NO6S. The van der Waals surface area contributed by atoms with E-state index in [1.165, 1.54) is 25.7 Å². The van der Waals surface area contributed by atoms with Crippen molar-refractivity contribution in [2.24, 2.45) is 0 Å². The van der Waals surface area contributed by atoms with Gasteiger partial charge in [0.1, 0.15) is 18.5 Å². The molecule has 1 atom stereocenters. The lowest BCUT2D eigenvalue weighted by molar-refractivity contribution is -0.149. The van der Waals surface area contributed by atoms with Crippen molar-refractivity contribution in [1.82, 2.24) is 4.90 Å². The van der Waals surface area contributed by atoms with Gasteiger partial charge in [0.05, 0.1) is 6.54 Å². The summed E-state index contributed by atoms with van der Waals surface area (Å²) in [6.07, 6.45) is 8.32. The fraction of sp³-hybridized carbons (Fsp3) is 0.704. The van der Waals surface area contributed by atoms with Gasteiger partial charge >= 0.3 is 12.1 Å². The Morgan fingerprint density at radius 2 is 1.80 bits per heavy atom. The van der Waals surface area contributed by atoms with Crippen LogP contribution in [0.5, 0.6) is 5.75 Å². The molecule has 1 saturated carbocycles. The Hall–Kier alpha value is -1.93. The van der Waals surface area contributed by atoms with Crippen molar-refractivity contribution in [3.8, 4) is 5.75 Å². The summed E-state index contributed by atoms with van der Waals surface area (Å²) in [5, 5.41) is 9.26. The number of carbonyl (C=O) groups is 2. The highest BCUT2D eigenvalue weighted by molar-refractivity contribution is 7.99. The van der Waals surface area contributed by atoms with Gasteiger partial charge in [-0.05, 0) is 62.5 Å². The van der Waals surface area contributed by atoms with Crippen molar-refractivity contribution < 1.29 is 28.9 Å². The number of carboxylic acids is 1. The molecule has 0 aromatic heterocycles. The quantitative estimate of drug-likeness (QED) is 0.266. The lowest BCUT2D eigenvalue weighted by Crippen LogP contribution is -2.39. The molecule has 1 aromatic carbocycles. The molecule has 0 radical (unpaired) electrons. The maximum absolute atomic E-state index is 12.9. The van der Waals surface area contributed by atoms with Crippen LogP contribution in [0, 0.1) is 0 Å². The van der Waals surface area contributed by atoms with E-state index in [9.17, 15) is 14.7 Å². The summed E-state index contributed by atoms with van der Waals surface area (Å²) in [7, 11) is 0. The standard InChI is InChI=1S/C27H43NO6S/c1-3-5-9-19-35-20-17-28(27(31)34-24-10-7-6-8-11-24)16-18-33-23-14-12-22(13-15-23)21-25(26(29)30)32-4-2/h12-15,24-25H,3-11,16-21H2,1-2H3,(H,29,30). The number of carboxylic acid groups (broad SMARTS) is 1. The van der Waals surface area contributed by atoms with Crippen LogP contribution in [0.2, 0.25) is 0 Å². The molecule has 2 rings (SSSR count). The number of amides is 1. The van der Waals surface area contributed by atoms with E-state index in [-0.39, 0.29) is 12.2 Å². The minimum Gasteiger partial charge on any atom is -0.492 e. The van der Waals surface area contributed by atoms with Gasteiger partial charge in [-0.25, -0.2) is 9.59 Å². The van der Waals surface area contributed by atoms with Gasteiger partial charge < -0.3 is 24.2 Å². The van der Waals surface area contributed by atoms with E-state index in [1.54, 1.807) is 11.8 Å². The lowest BCUT2D eigenvalue weighted by atomic mass is 9.98. The van der Waals surface area contributed by atoms with E-state index >= 15 is 0 Å². The first kappa shape index (κ1) is 29.3. The maximum atomic E-state index is 12.9. The molecular weight excluding hydrogens is 466 g/mol. The molecule has 1 aliphatic rings. The second kappa shape index (κ2) is 17.5. The van der Waals surface area contributed by atoms with E-state index in [1.807, 2.05) is 36.0 Å². The van der Waals surface area contributed by atoms with Crippen molar-refractivity contribution in [3.63, 3.8) is 0 Å². The van der Waals surface area contributed by atoms with Crippen LogP contribution >= 0.6 is 11.8 Å². The van der Waals surface area contributed by atoms with Gasteiger partial charge in [-0.1, -0.05) is 38.3 Å². The zero-order valence-corrected chi connectivity index (χ0v) is 22.2. The first-order valence-electron chi connectivity index (χ1n) is 13.1. The Balaban J connectivity index is 1.82. The SMILES string of the molecule is CCCCCSCCN(CCOc1ccc(CC(OCC)C(=O)O)cc1)C(=O)OC1CCCCC1. The Kier molecular flexibility index (Phi) is 14.6. The third-order valence-corrected chi connectivity index (χ3v) is 7.14. The van der Waals surface area contributed by atoms with Gasteiger partial charge in [-0.2, -0.15) is 11.8 Å². The Morgan fingerprint density at radius 3 is 2.46 bits per heavy atom. The summed E-state index contributed by atoms with van der Waals surface area (Å²) in [6.45, 7) is 5.83. The molecule has 35 heavy (non-hydrogen) atoms. The van der Waals surface area contributed by atoms with E-state index in [0.717, 1.165) is 42.8 Å². The minimum atomic E-state index is -0.962. The molecule has 1 aliphatic carbocycles. The molecule has 0 bridgehead atoms. The average molecular weight is 510 g/mol. The van der Waals surface area contributed by atoms with Crippen LogP contribution in [0.15, 0.2) is 24.3 Å². The van der Waals surface area contributed by atoms with E-state index in [0.29, 0.717) is 38.5 Å². The van der Waals surface area contributed by atoms with Crippen LogP contribution in [0.25, 0.3) is 0 Å². The Labute approximate surface area is 214 Å². The molecule has 1 unspecified atom stereocenters. The topological polar surface area (TPSA) is 85.3 Å². The zero-order chi connectivity index (χ0) is 25.3. The molecule has 1 amide bonds. The predicted molar refractivity (Wildman–Crippen MR) is 140 cm³/mol. The summed E-state index contributed by atoms with van der Waals surface area (Å²) < 4.78 is 17.0. The van der Waals surface area contributed by atoms with Gasteiger partial charge in [0.15, 0.2) is 6.10 Å². The van der Waals surface area contributed by atoms with E-state index < -0.39 is 12.1 Å². The van der Waals surface area contributed by atoms with Crippen LogP contribution < -0.4 is 4.74 Å². The Morgan fingerprint density at radius 1 is 1.06 bits per heavy atom. The number of thioether (sulfide) groups is 1. The van der Waals surface area contributed by atoms with Crippen LogP contribution in [-0.2, 0) is 20.7 Å². The number of hydrogen-bond donors (Lipinski definition) is 1. The smallest absolute Gasteiger partial charge is 0.410 e. The maximum Gasteiger partial charge on any atom is 0.410 e. The normalized spacial score (nSPS) is 14.9. The monoisotopic (exact) mass is 509 g/mol. The molecule has 1 N–H and O–H groups in total. The summed E-state index contributed by atoms with van der Waals surface area (Å²) in [5.41, 5.74) is 0.871.